The number of aliphatic carboxylic acids is 1. The highest BCUT2D eigenvalue weighted by atomic mass is 16.5. The van der Waals surface area contributed by atoms with E-state index in [1.807, 2.05) is 11.8 Å². The Morgan fingerprint density at radius 2 is 2.24 bits per heavy atom. The minimum atomic E-state index is -0.780. The monoisotopic (exact) mass is 294 g/mol. The predicted molar refractivity (Wildman–Crippen MR) is 78.7 cm³/mol. The van der Waals surface area contributed by atoms with Gasteiger partial charge in [-0.05, 0) is 20.3 Å². The van der Waals surface area contributed by atoms with Crippen LogP contribution in [-0.2, 0) is 4.79 Å². The lowest BCUT2D eigenvalue weighted by atomic mass is 10.2. The Hall–Kier alpha value is -1.89. The van der Waals surface area contributed by atoms with Crippen molar-refractivity contribution in [3.8, 4) is 5.88 Å². The second-order valence-corrected chi connectivity index (χ2v) is 5.02. The van der Waals surface area contributed by atoms with E-state index in [0.717, 1.165) is 19.5 Å². The minimum absolute atomic E-state index is 0.458. The first-order valence-electron chi connectivity index (χ1n) is 7.29. The van der Waals surface area contributed by atoms with Crippen molar-refractivity contribution in [1.29, 1.82) is 0 Å². The first-order chi connectivity index (χ1) is 10.1. The van der Waals surface area contributed by atoms with Gasteiger partial charge in [-0.3, -0.25) is 9.69 Å². The number of aromatic nitrogens is 2. The van der Waals surface area contributed by atoms with Crippen LogP contribution in [0.3, 0.4) is 0 Å². The van der Waals surface area contributed by atoms with Gasteiger partial charge in [0, 0.05) is 38.4 Å². The molecule has 1 aromatic rings. The molecule has 1 aliphatic heterocycles. The van der Waals surface area contributed by atoms with E-state index in [1.165, 1.54) is 0 Å². The van der Waals surface area contributed by atoms with Crippen molar-refractivity contribution in [3.63, 3.8) is 0 Å². The van der Waals surface area contributed by atoms with E-state index >= 15 is 0 Å². The first kappa shape index (κ1) is 15.5. The number of carboxylic acids is 1. The first-order valence-corrected chi connectivity index (χ1v) is 7.29. The molecule has 0 bridgehead atoms. The quantitative estimate of drug-likeness (QED) is 0.862. The Balaban J connectivity index is 2.02. The number of anilines is 1. The largest absolute Gasteiger partial charge is 0.480 e. The summed E-state index contributed by atoms with van der Waals surface area (Å²) in [7, 11) is 0. The second-order valence-electron chi connectivity index (χ2n) is 5.02. The highest BCUT2D eigenvalue weighted by Crippen LogP contribution is 2.16. The van der Waals surface area contributed by atoms with Gasteiger partial charge in [-0.25, -0.2) is 4.98 Å². The Kier molecular flexibility index (Phi) is 5.32. The second kappa shape index (κ2) is 7.21. The van der Waals surface area contributed by atoms with Crippen LogP contribution < -0.4 is 9.64 Å². The standard InChI is InChI=1S/C14H22N4O3/c1-3-21-12-5-6-15-14(16-12)18-8-4-7-17(9-10-18)11(2)13(19)20/h5-6,11H,3-4,7-10H2,1-2H3,(H,19,20)/t11-/m0/s1. The number of hydrogen-bond acceptors (Lipinski definition) is 6. The van der Waals surface area contributed by atoms with Crippen LogP contribution in [-0.4, -0.2) is 64.8 Å². The maximum atomic E-state index is 11.1. The highest BCUT2D eigenvalue weighted by molar-refractivity contribution is 5.72. The number of nitrogens with zero attached hydrogens (tertiary/aromatic N) is 4. The third-order valence-electron chi connectivity index (χ3n) is 3.63. The van der Waals surface area contributed by atoms with Crippen molar-refractivity contribution in [1.82, 2.24) is 14.9 Å². The van der Waals surface area contributed by atoms with E-state index in [4.69, 9.17) is 9.84 Å². The molecule has 7 heteroatoms. The zero-order valence-electron chi connectivity index (χ0n) is 12.5. The van der Waals surface area contributed by atoms with Gasteiger partial charge >= 0.3 is 5.97 Å². The molecular formula is C14H22N4O3. The van der Waals surface area contributed by atoms with E-state index in [0.29, 0.717) is 31.5 Å². The van der Waals surface area contributed by atoms with Gasteiger partial charge in [0.2, 0.25) is 11.8 Å². The van der Waals surface area contributed by atoms with Crippen molar-refractivity contribution in [2.75, 3.05) is 37.7 Å². The molecule has 0 unspecified atom stereocenters. The molecule has 0 spiro atoms. The summed E-state index contributed by atoms with van der Waals surface area (Å²) in [5.74, 6) is 0.436. The topological polar surface area (TPSA) is 78.8 Å². The lowest BCUT2D eigenvalue weighted by molar-refractivity contribution is -0.142. The van der Waals surface area contributed by atoms with Crippen molar-refractivity contribution >= 4 is 11.9 Å². The average Bonchev–Trinajstić information content (AvgIpc) is 2.73. The molecule has 1 aliphatic rings. The summed E-state index contributed by atoms with van der Waals surface area (Å²) in [6, 6.07) is 1.28. The molecule has 1 fully saturated rings. The zero-order chi connectivity index (χ0) is 15.2. The Bertz CT molecular complexity index is 483. The summed E-state index contributed by atoms with van der Waals surface area (Å²) in [5, 5.41) is 9.11. The van der Waals surface area contributed by atoms with Crippen LogP contribution in [0.1, 0.15) is 20.3 Å². The predicted octanol–water partition coefficient (Wildman–Crippen LogP) is 0.860. The summed E-state index contributed by atoms with van der Waals surface area (Å²) in [6.07, 6.45) is 2.58. The number of carboxylic acid groups (broad SMARTS) is 1. The molecule has 7 nitrogen and oxygen atoms in total. The number of carbonyl (C=O) groups is 1. The lowest BCUT2D eigenvalue weighted by Crippen LogP contribution is -2.41. The number of hydrogen-bond donors (Lipinski definition) is 1. The van der Waals surface area contributed by atoms with Gasteiger partial charge in [-0.1, -0.05) is 0 Å². The molecule has 0 amide bonds. The molecule has 21 heavy (non-hydrogen) atoms. The van der Waals surface area contributed by atoms with Crippen LogP contribution in [0.2, 0.25) is 0 Å². The smallest absolute Gasteiger partial charge is 0.320 e. The maximum absolute atomic E-state index is 11.1. The van der Waals surface area contributed by atoms with E-state index in [-0.39, 0.29) is 0 Å². The molecule has 0 aromatic carbocycles. The van der Waals surface area contributed by atoms with Crippen molar-refractivity contribution in [2.45, 2.75) is 26.3 Å². The highest BCUT2D eigenvalue weighted by Gasteiger charge is 2.24. The van der Waals surface area contributed by atoms with Gasteiger partial charge in [0.15, 0.2) is 0 Å². The Morgan fingerprint density at radius 3 is 2.95 bits per heavy atom. The molecule has 1 saturated heterocycles. The summed E-state index contributed by atoms with van der Waals surface area (Å²) in [5.41, 5.74) is 0. The average molecular weight is 294 g/mol. The molecule has 0 radical (unpaired) electrons. The fourth-order valence-electron chi connectivity index (χ4n) is 2.39. The molecule has 1 atom stereocenters. The Morgan fingerprint density at radius 1 is 1.43 bits per heavy atom. The third-order valence-corrected chi connectivity index (χ3v) is 3.63. The van der Waals surface area contributed by atoms with Crippen molar-refractivity contribution in [3.05, 3.63) is 12.3 Å². The van der Waals surface area contributed by atoms with E-state index in [1.54, 1.807) is 19.2 Å². The maximum Gasteiger partial charge on any atom is 0.320 e. The van der Waals surface area contributed by atoms with Crippen molar-refractivity contribution in [2.24, 2.45) is 0 Å². The van der Waals surface area contributed by atoms with Crippen molar-refractivity contribution < 1.29 is 14.6 Å². The molecule has 0 saturated carbocycles. The summed E-state index contributed by atoms with van der Waals surface area (Å²) in [6.45, 7) is 7.21. The van der Waals surface area contributed by atoms with Gasteiger partial charge in [0.05, 0.1) is 6.61 Å². The van der Waals surface area contributed by atoms with E-state index < -0.39 is 12.0 Å². The van der Waals surface area contributed by atoms with Crippen LogP contribution in [0.5, 0.6) is 5.88 Å². The SMILES string of the molecule is CCOc1ccnc(N2CCCN([C@@H](C)C(=O)O)CC2)n1. The molecule has 116 valence electrons. The summed E-state index contributed by atoms with van der Waals surface area (Å²) in [4.78, 5) is 23.8. The molecule has 0 aliphatic carbocycles. The molecular weight excluding hydrogens is 272 g/mol. The molecule has 2 rings (SSSR count). The van der Waals surface area contributed by atoms with Gasteiger partial charge in [-0.2, -0.15) is 4.98 Å². The summed E-state index contributed by atoms with van der Waals surface area (Å²) >= 11 is 0. The fraction of sp³-hybridized carbons (Fsp3) is 0.643. The van der Waals surface area contributed by atoms with E-state index in [2.05, 4.69) is 14.9 Å². The normalized spacial score (nSPS) is 18.1. The summed E-state index contributed by atoms with van der Waals surface area (Å²) < 4.78 is 5.39. The van der Waals surface area contributed by atoms with Crippen LogP contribution in [0.25, 0.3) is 0 Å². The van der Waals surface area contributed by atoms with E-state index in [9.17, 15) is 4.79 Å². The lowest BCUT2D eigenvalue weighted by Gasteiger charge is -2.24. The zero-order valence-corrected chi connectivity index (χ0v) is 12.5. The van der Waals surface area contributed by atoms with Gasteiger partial charge in [-0.15, -0.1) is 0 Å². The van der Waals surface area contributed by atoms with Crippen LogP contribution in [0.15, 0.2) is 12.3 Å². The van der Waals surface area contributed by atoms with Crippen LogP contribution in [0.4, 0.5) is 5.95 Å². The van der Waals surface area contributed by atoms with Gasteiger partial charge < -0.3 is 14.7 Å². The molecule has 2 heterocycles. The molecule has 1 aromatic heterocycles. The fourth-order valence-corrected chi connectivity index (χ4v) is 2.39. The minimum Gasteiger partial charge on any atom is -0.480 e. The number of rotatable bonds is 5. The Labute approximate surface area is 124 Å². The van der Waals surface area contributed by atoms with Crippen LogP contribution >= 0.6 is 0 Å². The van der Waals surface area contributed by atoms with Gasteiger partial charge in [0.1, 0.15) is 6.04 Å². The number of ether oxygens (including phenoxy) is 1. The van der Waals surface area contributed by atoms with Crippen LogP contribution in [0, 0.1) is 0 Å². The third kappa shape index (κ3) is 4.04. The molecule has 1 N–H and O–H groups in total. The van der Waals surface area contributed by atoms with Gasteiger partial charge in [0.25, 0.3) is 0 Å².